The highest BCUT2D eigenvalue weighted by atomic mass is 32.2. The molecule has 2 N–H and O–H groups in total. The van der Waals surface area contributed by atoms with E-state index in [1.165, 1.54) is 20.2 Å². The van der Waals surface area contributed by atoms with E-state index < -0.39 is 15.6 Å². The van der Waals surface area contributed by atoms with Gasteiger partial charge in [-0.05, 0) is 26.0 Å². The van der Waals surface area contributed by atoms with Crippen molar-refractivity contribution in [2.45, 2.75) is 31.1 Å². The average molecular weight is 276 g/mol. The molecule has 0 aliphatic rings. The van der Waals surface area contributed by atoms with Crippen LogP contribution in [0, 0.1) is 0 Å². The molecule has 6 nitrogen and oxygen atoms in total. The molecule has 0 spiro atoms. The summed E-state index contributed by atoms with van der Waals surface area (Å²) < 4.78 is 29.8. The van der Waals surface area contributed by atoms with Crippen LogP contribution in [-0.4, -0.2) is 44.1 Å². The molecule has 1 heterocycles. The highest BCUT2D eigenvalue weighted by molar-refractivity contribution is 7.88. The Kier molecular flexibility index (Phi) is 4.55. The van der Waals surface area contributed by atoms with Crippen molar-refractivity contribution >= 4 is 10.0 Å². The lowest BCUT2D eigenvalue weighted by Crippen LogP contribution is -2.34. The van der Waals surface area contributed by atoms with Gasteiger partial charge in [-0.25, -0.2) is 12.7 Å². The van der Waals surface area contributed by atoms with Crippen LogP contribution in [0.15, 0.2) is 21.6 Å². The first-order valence-corrected chi connectivity index (χ1v) is 7.01. The summed E-state index contributed by atoms with van der Waals surface area (Å²) in [6.45, 7) is 4.13. The van der Waals surface area contributed by atoms with Gasteiger partial charge in [0.1, 0.15) is 5.76 Å². The molecule has 1 aromatic rings. The monoisotopic (exact) mass is 276 g/mol. The van der Waals surface area contributed by atoms with Gasteiger partial charge in [-0.3, -0.25) is 0 Å². The zero-order valence-electron chi connectivity index (χ0n) is 11.1. The van der Waals surface area contributed by atoms with Crippen LogP contribution in [0.5, 0.6) is 0 Å². The smallest absolute Gasteiger partial charge is 0.275 e. The minimum atomic E-state index is -3.52. The van der Waals surface area contributed by atoms with Crippen LogP contribution in [-0.2, 0) is 16.6 Å². The summed E-state index contributed by atoms with van der Waals surface area (Å²) in [5.74, 6) is 0.514. The van der Waals surface area contributed by atoms with Crippen molar-refractivity contribution in [1.29, 1.82) is 0 Å². The minimum absolute atomic E-state index is 0.0763. The second-order valence-electron chi connectivity index (χ2n) is 4.92. The molecule has 1 aromatic heterocycles. The van der Waals surface area contributed by atoms with Crippen molar-refractivity contribution in [3.8, 4) is 0 Å². The Labute approximate surface area is 108 Å². The average Bonchev–Trinajstić information content (AvgIpc) is 2.64. The van der Waals surface area contributed by atoms with Crippen LogP contribution in [0.4, 0.5) is 0 Å². The summed E-state index contributed by atoms with van der Waals surface area (Å²) in [4.78, 5) is 0. The second-order valence-corrected chi connectivity index (χ2v) is 7.01. The van der Waals surface area contributed by atoms with Crippen molar-refractivity contribution < 1.29 is 17.9 Å². The summed E-state index contributed by atoms with van der Waals surface area (Å²) in [5.41, 5.74) is -0.814. The summed E-state index contributed by atoms with van der Waals surface area (Å²) in [7, 11) is -0.623. The fourth-order valence-corrected chi connectivity index (χ4v) is 2.08. The molecule has 0 saturated heterocycles. The topological polar surface area (TPSA) is 82.8 Å². The third-order valence-corrected chi connectivity index (χ3v) is 3.92. The Morgan fingerprint density at radius 3 is 2.50 bits per heavy atom. The van der Waals surface area contributed by atoms with Crippen LogP contribution in [0.25, 0.3) is 0 Å². The third-order valence-electron chi connectivity index (χ3n) is 2.23. The van der Waals surface area contributed by atoms with E-state index in [1.54, 1.807) is 19.9 Å². The van der Waals surface area contributed by atoms with Crippen molar-refractivity contribution in [2.75, 3.05) is 20.6 Å². The molecule has 7 heteroatoms. The summed E-state index contributed by atoms with van der Waals surface area (Å²) in [5, 5.41) is 12.4. The number of nitrogens with one attached hydrogen (secondary N) is 1. The number of rotatable bonds is 6. The van der Waals surface area contributed by atoms with Crippen LogP contribution in [0.3, 0.4) is 0 Å². The molecule has 104 valence electrons. The lowest BCUT2D eigenvalue weighted by atomic mass is 10.1. The number of furan rings is 1. The fourth-order valence-electron chi connectivity index (χ4n) is 1.26. The van der Waals surface area contributed by atoms with Crippen molar-refractivity contribution in [2.24, 2.45) is 0 Å². The first-order valence-electron chi connectivity index (χ1n) is 5.57. The van der Waals surface area contributed by atoms with E-state index in [0.717, 1.165) is 4.31 Å². The van der Waals surface area contributed by atoms with Gasteiger partial charge in [-0.1, -0.05) is 0 Å². The van der Waals surface area contributed by atoms with Crippen LogP contribution in [0.2, 0.25) is 0 Å². The van der Waals surface area contributed by atoms with Gasteiger partial charge < -0.3 is 14.8 Å². The molecule has 0 aromatic carbocycles. The first kappa shape index (κ1) is 15.2. The lowest BCUT2D eigenvalue weighted by molar-refractivity contribution is 0.0789. The molecule has 0 saturated carbocycles. The van der Waals surface area contributed by atoms with E-state index in [1.807, 2.05) is 0 Å². The van der Waals surface area contributed by atoms with E-state index >= 15 is 0 Å². The first-order chi connectivity index (χ1) is 8.13. The van der Waals surface area contributed by atoms with Gasteiger partial charge in [-0.2, -0.15) is 0 Å². The Morgan fingerprint density at radius 1 is 1.39 bits per heavy atom. The molecular formula is C11H20N2O4S. The number of aliphatic hydroxyl groups is 1. The molecule has 0 aliphatic heterocycles. The molecule has 0 unspecified atom stereocenters. The fraction of sp³-hybridized carbons (Fsp3) is 0.636. The number of nitrogens with zero attached hydrogens (tertiary/aromatic N) is 1. The summed E-state index contributed by atoms with van der Waals surface area (Å²) in [6.07, 6.45) is 0. The summed E-state index contributed by atoms with van der Waals surface area (Å²) >= 11 is 0. The Bertz CT molecular complexity index is 485. The predicted molar refractivity (Wildman–Crippen MR) is 67.6 cm³/mol. The lowest BCUT2D eigenvalue weighted by Gasteiger charge is -2.16. The van der Waals surface area contributed by atoms with E-state index in [4.69, 9.17) is 4.42 Å². The maximum absolute atomic E-state index is 11.8. The molecule has 0 atom stereocenters. The van der Waals surface area contributed by atoms with Crippen molar-refractivity contribution in [3.05, 3.63) is 17.9 Å². The predicted octanol–water partition coefficient (Wildman–Crippen LogP) is 0.390. The maximum Gasteiger partial charge on any atom is 0.275 e. The SMILES string of the molecule is CN(C)S(=O)(=O)c1ccc(CNCC(C)(C)O)o1. The van der Waals surface area contributed by atoms with Crippen LogP contribution < -0.4 is 5.32 Å². The standard InChI is InChI=1S/C11H20N2O4S/c1-11(2,14)8-12-7-9-5-6-10(17-9)18(15,16)13(3)4/h5-6,12,14H,7-8H2,1-4H3. The van der Waals surface area contributed by atoms with Crippen LogP contribution in [0.1, 0.15) is 19.6 Å². The minimum Gasteiger partial charge on any atom is -0.447 e. The largest absolute Gasteiger partial charge is 0.447 e. The zero-order chi connectivity index (χ0) is 14.0. The second kappa shape index (κ2) is 5.40. The molecule has 1 rings (SSSR count). The molecule has 0 fully saturated rings. The van der Waals surface area contributed by atoms with Gasteiger partial charge >= 0.3 is 0 Å². The maximum atomic E-state index is 11.8. The van der Waals surface area contributed by atoms with Gasteiger partial charge in [0.05, 0.1) is 12.1 Å². The highest BCUT2D eigenvalue weighted by Gasteiger charge is 2.21. The van der Waals surface area contributed by atoms with Crippen molar-refractivity contribution in [1.82, 2.24) is 9.62 Å². The van der Waals surface area contributed by atoms with E-state index in [9.17, 15) is 13.5 Å². The van der Waals surface area contributed by atoms with Gasteiger partial charge in [0.2, 0.25) is 5.09 Å². The molecular weight excluding hydrogens is 256 g/mol. The number of hydrogen-bond donors (Lipinski definition) is 2. The normalized spacial score (nSPS) is 13.2. The van der Waals surface area contributed by atoms with Gasteiger partial charge in [0.25, 0.3) is 10.0 Å². The molecule has 0 amide bonds. The Balaban J connectivity index is 2.65. The van der Waals surface area contributed by atoms with Crippen LogP contribution >= 0.6 is 0 Å². The summed E-state index contributed by atoms with van der Waals surface area (Å²) in [6, 6.07) is 3.03. The van der Waals surface area contributed by atoms with Gasteiger partial charge in [0, 0.05) is 20.6 Å². The molecule has 0 aliphatic carbocycles. The molecule has 0 radical (unpaired) electrons. The quantitative estimate of drug-likeness (QED) is 0.785. The van der Waals surface area contributed by atoms with Crippen molar-refractivity contribution in [3.63, 3.8) is 0 Å². The number of sulfonamides is 1. The highest BCUT2D eigenvalue weighted by Crippen LogP contribution is 2.16. The van der Waals surface area contributed by atoms with Gasteiger partial charge in [-0.15, -0.1) is 0 Å². The molecule has 0 bridgehead atoms. The zero-order valence-corrected chi connectivity index (χ0v) is 11.9. The number of hydrogen-bond acceptors (Lipinski definition) is 5. The van der Waals surface area contributed by atoms with E-state index in [2.05, 4.69) is 5.32 Å². The Morgan fingerprint density at radius 2 is 2.00 bits per heavy atom. The van der Waals surface area contributed by atoms with E-state index in [-0.39, 0.29) is 5.09 Å². The third kappa shape index (κ3) is 4.09. The van der Waals surface area contributed by atoms with E-state index in [0.29, 0.717) is 18.8 Å². The molecule has 18 heavy (non-hydrogen) atoms. The Hall–Kier alpha value is -0.890. The van der Waals surface area contributed by atoms with Gasteiger partial charge in [0.15, 0.2) is 0 Å².